The number of carbonyl (C=O) groups is 4. The van der Waals surface area contributed by atoms with E-state index < -0.39 is 23.4 Å². The van der Waals surface area contributed by atoms with Crippen LogP contribution >= 0.6 is 0 Å². The molecule has 2 aromatic rings. The lowest BCUT2D eigenvalue weighted by Crippen LogP contribution is -2.12. The van der Waals surface area contributed by atoms with Crippen molar-refractivity contribution in [3.63, 3.8) is 0 Å². The predicted molar refractivity (Wildman–Crippen MR) is 89.6 cm³/mol. The number of benzene rings is 2. The van der Waals surface area contributed by atoms with Crippen molar-refractivity contribution < 1.29 is 23.9 Å². The lowest BCUT2D eigenvalue weighted by atomic mass is 10.1. The minimum absolute atomic E-state index is 0.162. The topological polar surface area (TPSA) is 89.5 Å². The first-order chi connectivity index (χ1) is 12.0. The van der Waals surface area contributed by atoms with E-state index in [0.717, 1.165) is 6.08 Å². The molecule has 1 aliphatic carbocycles. The van der Waals surface area contributed by atoms with Gasteiger partial charge in [0.1, 0.15) is 0 Å². The van der Waals surface area contributed by atoms with Crippen molar-refractivity contribution >= 4 is 29.1 Å². The van der Waals surface area contributed by atoms with Gasteiger partial charge in [0, 0.05) is 22.9 Å². The number of fused-ring (bicyclic) bond motifs is 1. The minimum Gasteiger partial charge on any atom is -0.465 e. The number of rotatable bonds is 3. The SMILES string of the molecule is COC(=O)c1ccc(NC(=O)C=C2C(=O)c3ccccc3C2=O)cc1. The van der Waals surface area contributed by atoms with E-state index in [4.69, 9.17) is 0 Å². The van der Waals surface area contributed by atoms with Crippen LogP contribution < -0.4 is 5.32 Å². The molecule has 0 atom stereocenters. The van der Waals surface area contributed by atoms with Crippen molar-refractivity contribution in [2.24, 2.45) is 0 Å². The zero-order valence-electron chi connectivity index (χ0n) is 13.2. The van der Waals surface area contributed by atoms with Crippen LogP contribution in [-0.2, 0) is 9.53 Å². The molecule has 0 fully saturated rings. The molecule has 0 aliphatic heterocycles. The summed E-state index contributed by atoms with van der Waals surface area (Å²) in [5.41, 5.74) is 1.20. The number of methoxy groups -OCH3 is 1. The second-order valence-corrected chi connectivity index (χ2v) is 5.32. The number of carbonyl (C=O) groups excluding carboxylic acids is 4. The maximum atomic E-state index is 12.2. The Kier molecular flexibility index (Phi) is 4.26. The summed E-state index contributed by atoms with van der Waals surface area (Å²) in [5, 5.41) is 2.55. The molecular formula is C19H13NO5. The van der Waals surface area contributed by atoms with Gasteiger partial charge < -0.3 is 10.1 Å². The van der Waals surface area contributed by atoms with E-state index in [1.165, 1.54) is 31.4 Å². The van der Waals surface area contributed by atoms with Gasteiger partial charge in [0.15, 0.2) is 11.6 Å². The number of esters is 1. The van der Waals surface area contributed by atoms with Crippen LogP contribution in [0.4, 0.5) is 5.69 Å². The van der Waals surface area contributed by atoms with Gasteiger partial charge in [0.05, 0.1) is 18.2 Å². The Morgan fingerprint density at radius 1 is 0.920 bits per heavy atom. The maximum Gasteiger partial charge on any atom is 0.337 e. The van der Waals surface area contributed by atoms with Crippen molar-refractivity contribution in [2.45, 2.75) is 0 Å². The summed E-state index contributed by atoms with van der Waals surface area (Å²) in [6, 6.07) is 12.5. The first kappa shape index (κ1) is 16.3. The molecule has 124 valence electrons. The van der Waals surface area contributed by atoms with Gasteiger partial charge in [-0.05, 0) is 24.3 Å². The molecule has 0 spiro atoms. The van der Waals surface area contributed by atoms with Gasteiger partial charge in [-0.1, -0.05) is 24.3 Å². The van der Waals surface area contributed by atoms with Crippen molar-refractivity contribution in [1.82, 2.24) is 0 Å². The summed E-state index contributed by atoms with van der Waals surface area (Å²) in [5.74, 6) is -2.01. The highest BCUT2D eigenvalue weighted by atomic mass is 16.5. The van der Waals surface area contributed by atoms with Crippen LogP contribution in [0, 0.1) is 0 Å². The number of hydrogen-bond donors (Lipinski definition) is 1. The fraction of sp³-hybridized carbons (Fsp3) is 0.0526. The van der Waals surface area contributed by atoms with E-state index in [0.29, 0.717) is 22.4 Å². The van der Waals surface area contributed by atoms with Crippen molar-refractivity contribution in [3.05, 3.63) is 76.9 Å². The zero-order chi connectivity index (χ0) is 18.0. The molecule has 25 heavy (non-hydrogen) atoms. The van der Waals surface area contributed by atoms with Crippen LogP contribution in [0.5, 0.6) is 0 Å². The molecule has 0 aromatic heterocycles. The van der Waals surface area contributed by atoms with E-state index in [1.807, 2.05) is 0 Å². The Labute approximate surface area is 143 Å². The number of anilines is 1. The molecule has 0 unspecified atom stereocenters. The number of hydrogen-bond acceptors (Lipinski definition) is 5. The Hall–Kier alpha value is -3.54. The van der Waals surface area contributed by atoms with Gasteiger partial charge >= 0.3 is 5.97 Å². The third kappa shape index (κ3) is 3.10. The van der Waals surface area contributed by atoms with Crippen LogP contribution in [0.1, 0.15) is 31.1 Å². The summed E-state index contributed by atoms with van der Waals surface area (Å²) in [6.45, 7) is 0. The molecule has 0 bridgehead atoms. The lowest BCUT2D eigenvalue weighted by Gasteiger charge is -2.04. The summed E-state index contributed by atoms with van der Waals surface area (Å²) < 4.78 is 4.59. The lowest BCUT2D eigenvalue weighted by molar-refractivity contribution is -0.112. The standard InChI is InChI=1S/C19H13NO5/c1-25-19(24)11-6-8-12(9-7-11)20-16(21)10-15-17(22)13-4-2-3-5-14(13)18(15)23/h2-10H,1H3,(H,20,21). The second kappa shape index (κ2) is 6.52. The van der Waals surface area contributed by atoms with E-state index >= 15 is 0 Å². The Bertz CT molecular complexity index is 888. The Balaban J connectivity index is 1.77. The average Bonchev–Trinajstić information content (AvgIpc) is 2.87. The number of allylic oxidation sites excluding steroid dienone is 1. The number of ketones is 2. The Morgan fingerprint density at radius 2 is 1.48 bits per heavy atom. The van der Waals surface area contributed by atoms with Gasteiger partial charge in [-0.15, -0.1) is 0 Å². The summed E-state index contributed by atoms with van der Waals surface area (Å²) >= 11 is 0. The van der Waals surface area contributed by atoms with Crippen LogP contribution in [0.2, 0.25) is 0 Å². The van der Waals surface area contributed by atoms with E-state index in [2.05, 4.69) is 10.1 Å². The van der Waals surface area contributed by atoms with Gasteiger partial charge in [0.25, 0.3) is 0 Å². The van der Waals surface area contributed by atoms with Gasteiger partial charge in [0.2, 0.25) is 5.91 Å². The second-order valence-electron chi connectivity index (χ2n) is 5.32. The average molecular weight is 335 g/mol. The molecule has 1 N–H and O–H groups in total. The van der Waals surface area contributed by atoms with E-state index in [9.17, 15) is 19.2 Å². The first-order valence-electron chi connectivity index (χ1n) is 7.40. The number of ether oxygens (including phenoxy) is 1. The first-order valence-corrected chi connectivity index (χ1v) is 7.40. The molecule has 6 nitrogen and oxygen atoms in total. The van der Waals surface area contributed by atoms with Crippen LogP contribution in [-0.4, -0.2) is 30.6 Å². The van der Waals surface area contributed by atoms with Crippen molar-refractivity contribution in [3.8, 4) is 0 Å². The molecule has 3 rings (SSSR count). The molecule has 0 saturated carbocycles. The molecule has 2 aromatic carbocycles. The maximum absolute atomic E-state index is 12.2. The van der Waals surface area contributed by atoms with Crippen LogP contribution in [0.25, 0.3) is 0 Å². The van der Waals surface area contributed by atoms with E-state index in [1.54, 1.807) is 24.3 Å². The Morgan fingerprint density at radius 3 is 2.00 bits per heavy atom. The summed E-state index contributed by atoms with van der Waals surface area (Å²) in [6.07, 6.45) is 0.999. The predicted octanol–water partition coefficient (Wildman–Crippen LogP) is 2.42. The quantitative estimate of drug-likeness (QED) is 0.528. The highest BCUT2D eigenvalue weighted by molar-refractivity contribution is 6.40. The zero-order valence-corrected chi connectivity index (χ0v) is 13.2. The normalized spacial score (nSPS) is 12.6. The highest BCUT2D eigenvalue weighted by Crippen LogP contribution is 2.26. The van der Waals surface area contributed by atoms with Gasteiger partial charge in [-0.25, -0.2) is 4.79 Å². The van der Waals surface area contributed by atoms with Crippen molar-refractivity contribution in [2.75, 3.05) is 12.4 Å². The minimum atomic E-state index is -0.602. The molecule has 6 heteroatoms. The number of nitrogens with one attached hydrogen (secondary N) is 1. The van der Waals surface area contributed by atoms with Gasteiger partial charge in [-0.3, -0.25) is 14.4 Å². The highest BCUT2D eigenvalue weighted by Gasteiger charge is 2.33. The molecule has 1 aliphatic rings. The summed E-state index contributed by atoms with van der Waals surface area (Å²) in [4.78, 5) is 47.9. The molecule has 1 amide bonds. The smallest absolute Gasteiger partial charge is 0.337 e. The molecule has 0 saturated heterocycles. The summed E-state index contributed by atoms with van der Waals surface area (Å²) in [7, 11) is 1.28. The third-order valence-electron chi connectivity index (χ3n) is 3.75. The molecule has 0 radical (unpaired) electrons. The van der Waals surface area contributed by atoms with Crippen LogP contribution in [0.15, 0.2) is 60.2 Å². The number of amides is 1. The molecular weight excluding hydrogens is 322 g/mol. The van der Waals surface area contributed by atoms with E-state index in [-0.39, 0.29) is 5.57 Å². The largest absolute Gasteiger partial charge is 0.465 e. The van der Waals surface area contributed by atoms with Crippen LogP contribution in [0.3, 0.4) is 0 Å². The monoisotopic (exact) mass is 335 g/mol. The third-order valence-corrected chi connectivity index (χ3v) is 3.75. The van der Waals surface area contributed by atoms with Crippen molar-refractivity contribution in [1.29, 1.82) is 0 Å². The molecule has 0 heterocycles. The fourth-order valence-electron chi connectivity index (χ4n) is 2.52. The fourth-order valence-corrected chi connectivity index (χ4v) is 2.52. The number of Topliss-reactive ketones (excluding diaryl/α,β-unsaturated/α-hetero) is 2. The van der Waals surface area contributed by atoms with Gasteiger partial charge in [-0.2, -0.15) is 0 Å².